The number of urea groups is 1. The number of hydrogen-bond acceptors (Lipinski definition) is 3. The molecule has 20 heavy (non-hydrogen) atoms. The van der Waals surface area contributed by atoms with E-state index in [4.69, 9.17) is 0 Å². The van der Waals surface area contributed by atoms with Gasteiger partial charge in [0.1, 0.15) is 0 Å². The zero-order chi connectivity index (χ0) is 15.1. The Morgan fingerprint density at radius 1 is 1.30 bits per heavy atom. The molecule has 0 spiro atoms. The van der Waals surface area contributed by atoms with Crippen molar-refractivity contribution in [2.24, 2.45) is 5.92 Å². The molecule has 2 amide bonds. The van der Waals surface area contributed by atoms with Gasteiger partial charge in [0.25, 0.3) is 0 Å². The molecule has 5 heteroatoms. The maximum Gasteiger partial charge on any atom is 0.319 e. The summed E-state index contributed by atoms with van der Waals surface area (Å²) in [5.41, 5.74) is 1.74. The highest BCUT2D eigenvalue weighted by molar-refractivity contribution is 5.92. The number of aryl methyl sites for hydroxylation is 1. The van der Waals surface area contributed by atoms with Crippen molar-refractivity contribution in [1.82, 2.24) is 5.32 Å². The van der Waals surface area contributed by atoms with Gasteiger partial charge in [0.15, 0.2) is 0 Å². The van der Waals surface area contributed by atoms with Crippen molar-refractivity contribution >= 4 is 17.7 Å². The highest BCUT2D eigenvalue weighted by Gasteiger charge is 2.19. The Hall–Kier alpha value is -2.04. The summed E-state index contributed by atoms with van der Waals surface area (Å²) in [6, 6.07) is 5.90. The first-order valence-electron chi connectivity index (χ1n) is 6.85. The molecule has 1 rings (SSSR count). The number of carbonyl (C=O) groups excluding carboxylic acids is 2. The highest BCUT2D eigenvalue weighted by Crippen LogP contribution is 2.12. The predicted octanol–water partition coefficient (Wildman–Crippen LogP) is 1.54. The molecule has 0 heterocycles. The summed E-state index contributed by atoms with van der Waals surface area (Å²) in [4.78, 5) is 22.9. The molecule has 0 aromatic heterocycles. The lowest BCUT2D eigenvalue weighted by Crippen LogP contribution is -2.52. The normalized spacial score (nSPS) is 13.3. The number of carboxylic acid groups (broad SMARTS) is 1. The molecule has 110 valence electrons. The van der Waals surface area contributed by atoms with Gasteiger partial charge < -0.3 is 20.5 Å². The third-order valence-corrected chi connectivity index (χ3v) is 3.35. The number of carboxylic acids is 1. The molecule has 1 aromatic carbocycles. The summed E-state index contributed by atoms with van der Waals surface area (Å²) in [7, 11) is 0. The van der Waals surface area contributed by atoms with Crippen LogP contribution in [0.5, 0.6) is 0 Å². The van der Waals surface area contributed by atoms with Crippen molar-refractivity contribution in [3.8, 4) is 0 Å². The second-order valence-electron chi connectivity index (χ2n) is 4.83. The summed E-state index contributed by atoms with van der Waals surface area (Å²) in [6.07, 6.45) is 1.51. The van der Waals surface area contributed by atoms with E-state index in [0.717, 1.165) is 12.0 Å². The largest absolute Gasteiger partial charge is 0.548 e. The molecule has 0 unspecified atom stereocenters. The summed E-state index contributed by atoms with van der Waals surface area (Å²) in [5.74, 6) is -1.45. The molecule has 0 aliphatic heterocycles. The van der Waals surface area contributed by atoms with Crippen LogP contribution in [0.3, 0.4) is 0 Å². The third kappa shape index (κ3) is 4.57. The van der Waals surface area contributed by atoms with Gasteiger partial charge in [-0.15, -0.1) is 0 Å². The highest BCUT2D eigenvalue weighted by atomic mass is 16.4. The van der Waals surface area contributed by atoms with E-state index in [2.05, 4.69) is 10.6 Å². The van der Waals surface area contributed by atoms with E-state index in [1.165, 1.54) is 0 Å². The van der Waals surface area contributed by atoms with Crippen LogP contribution in [-0.2, 0) is 11.2 Å². The van der Waals surface area contributed by atoms with Gasteiger partial charge in [-0.1, -0.05) is 39.3 Å². The fraction of sp³-hybridized carbons (Fsp3) is 0.467. The molecule has 0 radical (unpaired) electrons. The van der Waals surface area contributed by atoms with Gasteiger partial charge in [0.2, 0.25) is 0 Å². The minimum Gasteiger partial charge on any atom is -0.548 e. The van der Waals surface area contributed by atoms with Crippen LogP contribution in [-0.4, -0.2) is 18.0 Å². The van der Waals surface area contributed by atoms with Gasteiger partial charge in [-0.05, 0) is 30.0 Å². The number of anilines is 1. The average molecular weight is 277 g/mol. The Balaban J connectivity index is 2.68. The fourth-order valence-electron chi connectivity index (χ4n) is 1.85. The van der Waals surface area contributed by atoms with Crippen molar-refractivity contribution in [3.63, 3.8) is 0 Å². The molecule has 1 aromatic rings. The van der Waals surface area contributed by atoms with E-state index in [9.17, 15) is 14.7 Å². The van der Waals surface area contributed by atoms with E-state index in [1.807, 2.05) is 32.0 Å². The van der Waals surface area contributed by atoms with E-state index in [0.29, 0.717) is 12.1 Å². The first-order valence-corrected chi connectivity index (χ1v) is 6.85. The Morgan fingerprint density at radius 2 is 2.00 bits per heavy atom. The number of aliphatic carboxylic acids is 1. The third-order valence-electron chi connectivity index (χ3n) is 3.35. The minimum absolute atomic E-state index is 0.187. The van der Waals surface area contributed by atoms with Crippen LogP contribution >= 0.6 is 0 Å². The first-order chi connectivity index (χ1) is 9.47. The van der Waals surface area contributed by atoms with Crippen LogP contribution in [0, 0.1) is 5.92 Å². The molecule has 0 saturated carbocycles. The van der Waals surface area contributed by atoms with Crippen LogP contribution in [0.15, 0.2) is 24.3 Å². The Kier molecular flexibility index (Phi) is 6.03. The standard InChI is InChI=1S/C15H22N2O3/c1-4-10(3)13(14(18)19)17-15(20)16-12-8-6-7-11(5-2)9-12/h6-10,13H,4-5H2,1-3H3,(H,18,19)(H2,16,17,20)/p-1/t10-,13+/m1/s1. The molecule has 0 aliphatic rings. The van der Waals surface area contributed by atoms with Gasteiger partial charge in [-0.25, -0.2) is 4.79 Å². The van der Waals surface area contributed by atoms with Crippen LogP contribution < -0.4 is 15.7 Å². The van der Waals surface area contributed by atoms with Crippen LogP contribution in [0.25, 0.3) is 0 Å². The fourth-order valence-corrected chi connectivity index (χ4v) is 1.85. The van der Waals surface area contributed by atoms with Gasteiger partial charge in [-0.2, -0.15) is 0 Å². The maximum absolute atomic E-state index is 11.8. The molecular weight excluding hydrogens is 256 g/mol. The lowest BCUT2D eigenvalue weighted by molar-refractivity contribution is -0.309. The topological polar surface area (TPSA) is 81.3 Å². The van der Waals surface area contributed by atoms with E-state index >= 15 is 0 Å². The van der Waals surface area contributed by atoms with Gasteiger partial charge in [-0.3, -0.25) is 0 Å². The summed E-state index contributed by atoms with van der Waals surface area (Å²) in [5, 5.41) is 16.1. The average Bonchev–Trinajstić information content (AvgIpc) is 2.43. The second kappa shape index (κ2) is 7.53. The smallest absolute Gasteiger partial charge is 0.319 e. The Morgan fingerprint density at radius 3 is 2.55 bits per heavy atom. The number of rotatable bonds is 6. The number of benzene rings is 1. The van der Waals surface area contributed by atoms with Crippen molar-refractivity contribution in [3.05, 3.63) is 29.8 Å². The molecular formula is C15H21N2O3-. The van der Waals surface area contributed by atoms with Crippen molar-refractivity contribution in [1.29, 1.82) is 0 Å². The van der Waals surface area contributed by atoms with Crippen LogP contribution in [0.2, 0.25) is 0 Å². The number of amides is 2. The molecule has 0 bridgehead atoms. The lowest BCUT2D eigenvalue weighted by Gasteiger charge is -2.25. The van der Waals surface area contributed by atoms with Gasteiger partial charge >= 0.3 is 6.03 Å². The van der Waals surface area contributed by atoms with Crippen LogP contribution in [0.1, 0.15) is 32.8 Å². The predicted molar refractivity (Wildman–Crippen MR) is 76.2 cm³/mol. The monoisotopic (exact) mass is 277 g/mol. The molecule has 0 aliphatic carbocycles. The minimum atomic E-state index is -1.27. The summed E-state index contributed by atoms with van der Waals surface area (Å²) >= 11 is 0. The molecule has 2 N–H and O–H groups in total. The number of nitrogens with one attached hydrogen (secondary N) is 2. The van der Waals surface area contributed by atoms with Crippen LogP contribution in [0.4, 0.5) is 10.5 Å². The van der Waals surface area contributed by atoms with E-state index in [-0.39, 0.29) is 5.92 Å². The lowest BCUT2D eigenvalue weighted by atomic mass is 9.99. The Labute approximate surface area is 119 Å². The number of hydrogen-bond donors (Lipinski definition) is 2. The second-order valence-corrected chi connectivity index (χ2v) is 4.83. The van der Waals surface area contributed by atoms with Gasteiger partial charge in [0.05, 0.1) is 12.0 Å². The summed E-state index contributed by atoms with van der Waals surface area (Å²) < 4.78 is 0. The van der Waals surface area contributed by atoms with E-state index in [1.54, 1.807) is 13.0 Å². The van der Waals surface area contributed by atoms with E-state index < -0.39 is 18.0 Å². The molecule has 0 saturated heterocycles. The number of carbonyl (C=O) groups is 2. The van der Waals surface area contributed by atoms with Crippen molar-refractivity contribution in [2.75, 3.05) is 5.32 Å². The van der Waals surface area contributed by atoms with Crippen molar-refractivity contribution < 1.29 is 14.7 Å². The Bertz CT molecular complexity index is 474. The molecule has 2 atom stereocenters. The van der Waals surface area contributed by atoms with Gasteiger partial charge in [0, 0.05) is 5.69 Å². The zero-order valence-electron chi connectivity index (χ0n) is 12.1. The maximum atomic E-state index is 11.8. The summed E-state index contributed by atoms with van der Waals surface area (Å²) in [6.45, 7) is 5.65. The molecule has 0 fully saturated rings. The zero-order valence-corrected chi connectivity index (χ0v) is 12.1. The SMILES string of the molecule is CCc1cccc(NC(=O)N[C@H](C(=O)[O-])[C@H](C)CC)c1. The van der Waals surface area contributed by atoms with Crippen molar-refractivity contribution in [2.45, 2.75) is 39.7 Å². The first kappa shape index (κ1) is 16.0. The molecule has 5 nitrogen and oxygen atoms in total. The quantitative estimate of drug-likeness (QED) is 0.827.